The second-order valence-electron chi connectivity index (χ2n) is 2.40. The van der Waals surface area contributed by atoms with Crippen LogP contribution in [0.15, 0.2) is 30.0 Å². The van der Waals surface area contributed by atoms with E-state index in [4.69, 9.17) is 0 Å². The van der Waals surface area contributed by atoms with Gasteiger partial charge < -0.3 is 10.3 Å². The van der Waals surface area contributed by atoms with Crippen molar-refractivity contribution in [1.29, 1.82) is 0 Å². The zero-order valence-electron chi connectivity index (χ0n) is 6.45. The fraction of sp³-hybridized carbons (Fsp3) is 0.125. The van der Waals surface area contributed by atoms with Crippen LogP contribution in [0.5, 0.6) is 0 Å². The van der Waals surface area contributed by atoms with Crippen LogP contribution in [-0.4, -0.2) is 9.97 Å². The van der Waals surface area contributed by atoms with E-state index in [0.29, 0.717) is 0 Å². The standard InChI is InChI=1S/C8H9N3S/c1-2-7(12-3-1)4-10-8-5-9-6-11-8/h1-3,5-6,10H,4H2,(H,9,11). The fourth-order valence-electron chi connectivity index (χ4n) is 0.948. The minimum Gasteiger partial charge on any atom is -0.365 e. The normalized spacial score (nSPS) is 10.0. The van der Waals surface area contributed by atoms with E-state index in [0.717, 1.165) is 12.4 Å². The van der Waals surface area contributed by atoms with Gasteiger partial charge in [0, 0.05) is 4.88 Å². The van der Waals surface area contributed by atoms with Crippen LogP contribution in [0.2, 0.25) is 0 Å². The summed E-state index contributed by atoms with van der Waals surface area (Å²) in [6, 6.07) is 4.16. The first-order valence-corrected chi connectivity index (χ1v) is 4.58. The van der Waals surface area contributed by atoms with Crippen molar-refractivity contribution in [1.82, 2.24) is 9.97 Å². The molecular weight excluding hydrogens is 170 g/mol. The van der Waals surface area contributed by atoms with Crippen LogP contribution in [0, 0.1) is 0 Å². The highest BCUT2D eigenvalue weighted by Crippen LogP contribution is 2.10. The van der Waals surface area contributed by atoms with E-state index in [-0.39, 0.29) is 0 Å². The topological polar surface area (TPSA) is 40.7 Å². The second kappa shape index (κ2) is 3.40. The SMILES string of the molecule is c1csc(CNc2cnc[nH]2)c1. The number of hydrogen-bond acceptors (Lipinski definition) is 3. The number of nitrogens with one attached hydrogen (secondary N) is 2. The Bertz CT molecular complexity index is 278. The predicted molar refractivity (Wildman–Crippen MR) is 50.2 cm³/mol. The maximum absolute atomic E-state index is 3.91. The first-order valence-electron chi connectivity index (χ1n) is 3.70. The van der Waals surface area contributed by atoms with Gasteiger partial charge in [-0.05, 0) is 11.4 Å². The maximum atomic E-state index is 3.91. The highest BCUT2D eigenvalue weighted by Gasteiger charge is 1.93. The molecule has 2 aromatic heterocycles. The zero-order chi connectivity index (χ0) is 8.23. The van der Waals surface area contributed by atoms with Crippen molar-refractivity contribution in [3.05, 3.63) is 34.9 Å². The van der Waals surface area contributed by atoms with E-state index >= 15 is 0 Å². The van der Waals surface area contributed by atoms with Gasteiger partial charge in [0.05, 0.1) is 19.1 Å². The number of thiophene rings is 1. The van der Waals surface area contributed by atoms with Crippen LogP contribution in [0.3, 0.4) is 0 Å². The molecule has 0 aliphatic carbocycles. The molecule has 0 atom stereocenters. The van der Waals surface area contributed by atoms with Gasteiger partial charge in [0.25, 0.3) is 0 Å². The summed E-state index contributed by atoms with van der Waals surface area (Å²) in [5, 5.41) is 5.29. The second-order valence-corrected chi connectivity index (χ2v) is 3.43. The fourth-order valence-corrected chi connectivity index (χ4v) is 1.59. The van der Waals surface area contributed by atoms with Gasteiger partial charge in [0.1, 0.15) is 5.82 Å². The lowest BCUT2D eigenvalue weighted by molar-refractivity contribution is 1.16. The Morgan fingerprint density at radius 3 is 3.25 bits per heavy atom. The number of aromatic amines is 1. The number of rotatable bonds is 3. The lowest BCUT2D eigenvalue weighted by Gasteiger charge is -1.98. The third kappa shape index (κ3) is 1.65. The van der Waals surface area contributed by atoms with Crippen LogP contribution in [0.4, 0.5) is 5.82 Å². The summed E-state index contributed by atoms with van der Waals surface area (Å²) in [5.41, 5.74) is 0. The minimum absolute atomic E-state index is 0.861. The molecule has 0 unspecified atom stereocenters. The Morgan fingerprint density at radius 1 is 1.58 bits per heavy atom. The van der Waals surface area contributed by atoms with Crippen molar-refractivity contribution in [2.75, 3.05) is 5.32 Å². The largest absolute Gasteiger partial charge is 0.365 e. The summed E-state index contributed by atoms with van der Waals surface area (Å²) in [7, 11) is 0. The Labute approximate surface area is 74.5 Å². The van der Waals surface area contributed by atoms with Crippen LogP contribution >= 0.6 is 11.3 Å². The van der Waals surface area contributed by atoms with Crippen molar-refractivity contribution < 1.29 is 0 Å². The van der Waals surface area contributed by atoms with Gasteiger partial charge in [-0.15, -0.1) is 11.3 Å². The lowest BCUT2D eigenvalue weighted by atomic mass is 10.4. The molecule has 2 aromatic rings. The van der Waals surface area contributed by atoms with E-state index in [9.17, 15) is 0 Å². The van der Waals surface area contributed by atoms with Gasteiger partial charge in [0.15, 0.2) is 0 Å². The molecule has 0 aromatic carbocycles. The monoisotopic (exact) mass is 179 g/mol. The summed E-state index contributed by atoms with van der Waals surface area (Å²) in [6.07, 6.45) is 3.43. The molecule has 0 fully saturated rings. The van der Waals surface area contributed by atoms with Crippen LogP contribution in [0.1, 0.15) is 4.88 Å². The minimum atomic E-state index is 0.861. The Morgan fingerprint density at radius 2 is 2.58 bits per heavy atom. The molecule has 0 saturated heterocycles. The van der Waals surface area contributed by atoms with Crippen LogP contribution in [-0.2, 0) is 6.54 Å². The van der Waals surface area contributed by atoms with E-state index in [1.165, 1.54) is 4.88 Å². The quantitative estimate of drug-likeness (QED) is 0.757. The van der Waals surface area contributed by atoms with Gasteiger partial charge in [-0.25, -0.2) is 4.98 Å². The highest BCUT2D eigenvalue weighted by atomic mass is 32.1. The van der Waals surface area contributed by atoms with Crippen molar-refractivity contribution in [3.63, 3.8) is 0 Å². The summed E-state index contributed by atoms with van der Waals surface area (Å²) >= 11 is 1.75. The molecule has 0 aliphatic rings. The number of anilines is 1. The average molecular weight is 179 g/mol. The Hall–Kier alpha value is -1.29. The smallest absolute Gasteiger partial charge is 0.123 e. The molecule has 0 aliphatic heterocycles. The summed E-state index contributed by atoms with van der Waals surface area (Å²) in [6.45, 7) is 0.861. The zero-order valence-corrected chi connectivity index (χ0v) is 7.27. The lowest BCUT2D eigenvalue weighted by Crippen LogP contribution is -1.96. The Balaban J connectivity index is 1.91. The molecule has 2 rings (SSSR count). The molecule has 4 heteroatoms. The third-order valence-corrected chi connectivity index (χ3v) is 2.41. The summed E-state index contributed by atoms with van der Waals surface area (Å²) < 4.78 is 0. The molecule has 0 amide bonds. The molecule has 0 radical (unpaired) electrons. The number of aromatic nitrogens is 2. The van der Waals surface area contributed by atoms with Gasteiger partial charge in [-0.3, -0.25) is 0 Å². The molecular formula is C8H9N3S. The predicted octanol–water partition coefficient (Wildman–Crippen LogP) is 2.08. The van der Waals surface area contributed by atoms with Gasteiger partial charge >= 0.3 is 0 Å². The molecule has 3 nitrogen and oxygen atoms in total. The van der Waals surface area contributed by atoms with Crippen molar-refractivity contribution in [2.45, 2.75) is 6.54 Å². The average Bonchev–Trinajstić information content (AvgIpc) is 2.74. The molecule has 62 valence electrons. The van der Waals surface area contributed by atoms with E-state index < -0.39 is 0 Å². The maximum Gasteiger partial charge on any atom is 0.123 e. The molecule has 0 spiro atoms. The van der Waals surface area contributed by atoms with Crippen LogP contribution < -0.4 is 5.32 Å². The molecule has 2 N–H and O–H groups in total. The summed E-state index contributed by atoms with van der Waals surface area (Å²) in [4.78, 5) is 8.21. The highest BCUT2D eigenvalue weighted by molar-refractivity contribution is 7.09. The number of nitrogens with zero attached hydrogens (tertiary/aromatic N) is 1. The summed E-state index contributed by atoms with van der Waals surface area (Å²) in [5.74, 6) is 0.961. The first-order chi connectivity index (χ1) is 5.95. The van der Waals surface area contributed by atoms with E-state index in [2.05, 4.69) is 32.8 Å². The molecule has 2 heterocycles. The Kier molecular flexibility index (Phi) is 2.09. The van der Waals surface area contributed by atoms with Gasteiger partial charge in [-0.2, -0.15) is 0 Å². The molecule has 0 bridgehead atoms. The third-order valence-electron chi connectivity index (χ3n) is 1.53. The van der Waals surface area contributed by atoms with Gasteiger partial charge in [0.2, 0.25) is 0 Å². The van der Waals surface area contributed by atoms with Gasteiger partial charge in [-0.1, -0.05) is 6.07 Å². The first kappa shape index (κ1) is 7.36. The van der Waals surface area contributed by atoms with Crippen molar-refractivity contribution in [2.24, 2.45) is 0 Å². The van der Waals surface area contributed by atoms with Crippen molar-refractivity contribution in [3.8, 4) is 0 Å². The number of hydrogen-bond donors (Lipinski definition) is 2. The van der Waals surface area contributed by atoms with E-state index in [1.807, 2.05) is 0 Å². The van der Waals surface area contributed by atoms with Crippen LogP contribution in [0.25, 0.3) is 0 Å². The van der Waals surface area contributed by atoms with E-state index in [1.54, 1.807) is 23.9 Å². The molecule has 0 saturated carbocycles. The number of H-pyrrole nitrogens is 1. The van der Waals surface area contributed by atoms with Crippen molar-refractivity contribution >= 4 is 17.2 Å². The number of imidazole rings is 1. The molecule has 12 heavy (non-hydrogen) atoms.